The first-order chi connectivity index (χ1) is 11.1. The fourth-order valence-corrected chi connectivity index (χ4v) is 2.98. The molecule has 0 saturated carbocycles. The highest BCUT2D eigenvalue weighted by Crippen LogP contribution is 2.30. The number of anilines is 1. The molecule has 120 valence electrons. The van der Waals surface area contributed by atoms with Crippen LogP contribution in [0.4, 0.5) is 5.69 Å². The van der Waals surface area contributed by atoms with Crippen LogP contribution in [0.25, 0.3) is 0 Å². The van der Waals surface area contributed by atoms with Crippen LogP contribution in [0.3, 0.4) is 0 Å². The Hall–Kier alpha value is -2.48. The van der Waals surface area contributed by atoms with Crippen molar-refractivity contribution in [2.24, 2.45) is 0 Å². The molecule has 0 saturated heterocycles. The average molecular weight is 332 g/mol. The number of nitrogens with one attached hydrogen (secondary N) is 2. The predicted molar refractivity (Wildman–Crippen MR) is 85.7 cm³/mol. The van der Waals surface area contributed by atoms with Gasteiger partial charge in [0.1, 0.15) is 10.6 Å². The van der Waals surface area contributed by atoms with Gasteiger partial charge in [-0.05, 0) is 42.6 Å². The van der Waals surface area contributed by atoms with Gasteiger partial charge in [-0.2, -0.15) is 0 Å². The van der Waals surface area contributed by atoms with Gasteiger partial charge in [-0.25, -0.2) is 0 Å². The molecule has 2 N–H and O–H groups in total. The molecule has 3 rings (SSSR count). The molecule has 0 bridgehead atoms. The predicted octanol–water partition coefficient (Wildman–Crippen LogP) is 1.92. The summed E-state index contributed by atoms with van der Waals surface area (Å²) in [5.41, 5.74) is 2.19. The highest BCUT2D eigenvalue weighted by Gasteiger charge is 2.20. The molecule has 0 fully saturated rings. The number of hydrogen-bond donors (Lipinski definition) is 2. The summed E-state index contributed by atoms with van der Waals surface area (Å²) in [6, 6.07) is 5.24. The van der Waals surface area contributed by atoms with Crippen LogP contribution in [0.2, 0.25) is 0 Å². The first-order valence-electron chi connectivity index (χ1n) is 7.27. The maximum Gasteiger partial charge on any atom is 0.265 e. The van der Waals surface area contributed by atoms with Gasteiger partial charge in [-0.1, -0.05) is 17.5 Å². The number of ether oxygens (including phenoxy) is 1. The monoisotopic (exact) mass is 332 g/mol. The van der Waals surface area contributed by atoms with Crippen LogP contribution in [-0.2, 0) is 11.2 Å². The molecule has 0 aliphatic carbocycles. The lowest BCUT2D eigenvalue weighted by Crippen LogP contribution is -2.28. The fraction of sp³-hybridized carbons (Fsp3) is 0.333. The third-order valence-electron chi connectivity index (χ3n) is 3.58. The smallest absolute Gasteiger partial charge is 0.265 e. The van der Waals surface area contributed by atoms with Crippen molar-refractivity contribution in [1.82, 2.24) is 14.9 Å². The van der Waals surface area contributed by atoms with E-state index in [0.717, 1.165) is 17.1 Å². The maximum atomic E-state index is 12.3. The number of hydrogen-bond acceptors (Lipinski definition) is 6. The van der Waals surface area contributed by atoms with E-state index in [-0.39, 0.29) is 24.5 Å². The van der Waals surface area contributed by atoms with Crippen molar-refractivity contribution < 1.29 is 14.3 Å². The molecule has 1 unspecified atom stereocenters. The number of aromatic nitrogens is 2. The minimum absolute atomic E-state index is 0.0246. The van der Waals surface area contributed by atoms with Gasteiger partial charge in [-0.3, -0.25) is 9.59 Å². The fourth-order valence-electron chi connectivity index (χ4n) is 2.33. The number of amides is 2. The highest BCUT2D eigenvalue weighted by atomic mass is 32.1. The largest absolute Gasteiger partial charge is 0.482 e. The first-order valence-corrected chi connectivity index (χ1v) is 8.04. The number of carbonyl (C=O) groups is 2. The Bertz CT molecular complexity index is 759. The Kier molecular flexibility index (Phi) is 4.24. The van der Waals surface area contributed by atoms with E-state index < -0.39 is 0 Å². The summed E-state index contributed by atoms with van der Waals surface area (Å²) in [7, 11) is 0. The minimum atomic E-state index is -0.224. The van der Waals surface area contributed by atoms with Gasteiger partial charge >= 0.3 is 0 Å². The Balaban J connectivity index is 1.76. The van der Waals surface area contributed by atoms with Crippen molar-refractivity contribution in [2.45, 2.75) is 26.3 Å². The van der Waals surface area contributed by atoms with Gasteiger partial charge in [0.05, 0.1) is 17.4 Å². The zero-order valence-corrected chi connectivity index (χ0v) is 13.6. The van der Waals surface area contributed by atoms with Crippen molar-refractivity contribution in [2.75, 3.05) is 11.9 Å². The van der Waals surface area contributed by atoms with Gasteiger partial charge in [0.2, 0.25) is 0 Å². The lowest BCUT2D eigenvalue weighted by atomic mass is 10.1. The van der Waals surface area contributed by atoms with Gasteiger partial charge < -0.3 is 15.4 Å². The molecule has 1 aliphatic rings. The Morgan fingerprint density at radius 1 is 1.52 bits per heavy atom. The van der Waals surface area contributed by atoms with Crippen LogP contribution in [0.15, 0.2) is 18.2 Å². The van der Waals surface area contributed by atoms with Gasteiger partial charge in [0.15, 0.2) is 6.61 Å². The third kappa shape index (κ3) is 3.16. The maximum absolute atomic E-state index is 12.3. The van der Waals surface area contributed by atoms with Crippen LogP contribution in [0.5, 0.6) is 5.75 Å². The van der Waals surface area contributed by atoms with E-state index in [4.69, 9.17) is 4.74 Å². The molecule has 1 aromatic heterocycles. The van der Waals surface area contributed by atoms with Crippen LogP contribution in [-0.4, -0.2) is 28.0 Å². The number of rotatable bonds is 4. The second-order valence-corrected chi connectivity index (χ2v) is 5.94. The minimum Gasteiger partial charge on any atom is -0.482 e. The molecule has 1 aromatic carbocycles. The lowest BCUT2D eigenvalue weighted by Gasteiger charge is -2.20. The number of fused-ring (bicyclic) bond motifs is 1. The molecule has 0 radical (unpaired) electrons. The van der Waals surface area contributed by atoms with Crippen LogP contribution >= 0.6 is 11.5 Å². The van der Waals surface area contributed by atoms with Crippen LogP contribution < -0.4 is 15.4 Å². The summed E-state index contributed by atoms with van der Waals surface area (Å²) in [5, 5.41) is 9.63. The van der Waals surface area contributed by atoms with Crippen molar-refractivity contribution in [1.29, 1.82) is 0 Å². The van der Waals surface area contributed by atoms with Crippen LogP contribution in [0, 0.1) is 0 Å². The zero-order chi connectivity index (χ0) is 16.4. The van der Waals surface area contributed by atoms with Gasteiger partial charge in [-0.15, -0.1) is 5.10 Å². The standard InChI is InChI=1S/C15H16N4O3S/c1-3-10-14(23-19-18-10)15(21)16-8(2)9-4-5-12-11(6-9)17-13(20)7-22-12/h4-6,8H,3,7H2,1-2H3,(H,16,21)(H,17,20). The number of carbonyl (C=O) groups excluding carboxylic acids is 2. The summed E-state index contributed by atoms with van der Waals surface area (Å²) >= 11 is 1.09. The first kappa shape index (κ1) is 15.4. The Labute approximate surface area is 137 Å². The second-order valence-electron chi connectivity index (χ2n) is 5.19. The quantitative estimate of drug-likeness (QED) is 0.892. The summed E-state index contributed by atoms with van der Waals surface area (Å²) in [4.78, 5) is 24.3. The molecule has 0 spiro atoms. The molecule has 1 atom stereocenters. The number of aryl methyl sites for hydroxylation is 1. The Morgan fingerprint density at radius 3 is 3.13 bits per heavy atom. The number of nitrogens with zero attached hydrogens (tertiary/aromatic N) is 2. The topological polar surface area (TPSA) is 93.2 Å². The van der Waals surface area contributed by atoms with Crippen molar-refractivity contribution in [3.8, 4) is 5.75 Å². The van der Waals surface area contributed by atoms with Gasteiger partial charge in [0, 0.05) is 0 Å². The SMILES string of the molecule is CCc1nnsc1C(=O)NC(C)c1ccc2c(c1)NC(=O)CO2. The van der Waals surface area contributed by atoms with Crippen molar-refractivity contribution >= 4 is 29.0 Å². The summed E-state index contributed by atoms with van der Waals surface area (Å²) in [6.45, 7) is 3.84. The molecule has 2 amide bonds. The third-order valence-corrected chi connectivity index (χ3v) is 4.35. The molecule has 23 heavy (non-hydrogen) atoms. The highest BCUT2D eigenvalue weighted by molar-refractivity contribution is 7.08. The zero-order valence-electron chi connectivity index (χ0n) is 12.8. The van der Waals surface area contributed by atoms with E-state index in [1.807, 2.05) is 26.0 Å². The molecule has 2 aromatic rings. The van der Waals surface area contributed by atoms with E-state index >= 15 is 0 Å². The second kappa shape index (κ2) is 6.33. The molecular formula is C15H16N4O3S. The van der Waals surface area contributed by atoms with E-state index in [1.54, 1.807) is 6.07 Å². The average Bonchev–Trinajstić information content (AvgIpc) is 3.02. The van der Waals surface area contributed by atoms with E-state index in [0.29, 0.717) is 28.4 Å². The van der Waals surface area contributed by atoms with E-state index in [9.17, 15) is 9.59 Å². The van der Waals surface area contributed by atoms with Crippen LogP contribution in [0.1, 0.15) is 40.8 Å². The molecule has 1 aliphatic heterocycles. The summed E-state index contributed by atoms with van der Waals surface area (Å²) < 4.78 is 9.15. The molecular weight excluding hydrogens is 316 g/mol. The molecule has 7 nitrogen and oxygen atoms in total. The number of benzene rings is 1. The normalized spacial score (nSPS) is 14.4. The molecule has 8 heteroatoms. The van der Waals surface area contributed by atoms with Crippen molar-refractivity contribution in [3.05, 3.63) is 34.3 Å². The summed E-state index contributed by atoms with van der Waals surface area (Å²) in [5.74, 6) is 0.254. The summed E-state index contributed by atoms with van der Waals surface area (Å²) in [6.07, 6.45) is 0.663. The van der Waals surface area contributed by atoms with Gasteiger partial charge in [0.25, 0.3) is 11.8 Å². The van der Waals surface area contributed by atoms with E-state index in [2.05, 4.69) is 20.2 Å². The Morgan fingerprint density at radius 2 is 2.35 bits per heavy atom. The lowest BCUT2D eigenvalue weighted by molar-refractivity contribution is -0.118. The molecule has 2 heterocycles. The van der Waals surface area contributed by atoms with E-state index in [1.165, 1.54) is 0 Å². The van der Waals surface area contributed by atoms with Crippen molar-refractivity contribution in [3.63, 3.8) is 0 Å².